The molecule has 2 rings (SSSR count). The molecule has 0 aliphatic heterocycles. The minimum atomic E-state index is 0.0201. The van der Waals surface area contributed by atoms with Crippen LogP contribution in [-0.2, 0) is 10.3 Å². The van der Waals surface area contributed by atoms with Gasteiger partial charge >= 0.3 is 0 Å². The Hall–Kier alpha value is -1.02. The van der Waals surface area contributed by atoms with Gasteiger partial charge in [0.1, 0.15) is 5.75 Å². The van der Waals surface area contributed by atoms with E-state index in [4.69, 9.17) is 9.47 Å². The van der Waals surface area contributed by atoms with Gasteiger partial charge < -0.3 is 9.47 Å². The maximum atomic E-state index is 5.47. The number of ether oxygens (including phenoxy) is 2. The van der Waals surface area contributed by atoms with Gasteiger partial charge in [0.25, 0.3) is 0 Å². The highest BCUT2D eigenvalue weighted by molar-refractivity contribution is 5.33. The SMILES string of the molecule is COc1ccc(C2(OC)CC2)cc1. The second-order valence-corrected chi connectivity index (χ2v) is 3.43. The summed E-state index contributed by atoms with van der Waals surface area (Å²) >= 11 is 0. The summed E-state index contributed by atoms with van der Waals surface area (Å²) in [6, 6.07) is 8.12. The molecule has 0 atom stereocenters. The summed E-state index contributed by atoms with van der Waals surface area (Å²) in [5.41, 5.74) is 1.28. The average Bonchev–Trinajstić information content (AvgIpc) is 2.99. The standard InChI is InChI=1S/C11H14O2/c1-12-10-5-3-9(4-6-10)11(13-2)7-8-11/h3-6H,7-8H2,1-2H3. The van der Waals surface area contributed by atoms with Crippen molar-refractivity contribution in [1.82, 2.24) is 0 Å². The Morgan fingerprint density at radius 3 is 2.08 bits per heavy atom. The van der Waals surface area contributed by atoms with Gasteiger partial charge in [0, 0.05) is 7.11 Å². The zero-order valence-electron chi connectivity index (χ0n) is 8.04. The van der Waals surface area contributed by atoms with E-state index in [1.54, 1.807) is 14.2 Å². The van der Waals surface area contributed by atoms with Crippen LogP contribution >= 0.6 is 0 Å². The lowest BCUT2D eigenvalue weighted by molar-refractivity contribution is 0.0789. The molecular weight excluding hydrogens is 164 g/mol. The third-order valence-corrected chi connectivity index (χ3v) is 2.71. The molecule has 0 bridgehead atoms. The summed E-state index contributed by atoms with van der Waals surface area (Å²) in [6.07, 6.45) is 2.27. The van der Waals surface area contributed by atoms with E-state index in [1.807, 2.05) is 12.1 Å². The lowest BCUT2D eigenvalue weighted by atomic mass is 10.1. The minimum Gasteiger partial charge on any atom is -0.497 e. The maximum absolute atomic E-state index is 5.47. The fourth-order valence-electron chi connectivity index (χ4n) is 1.62. The minimum absolute atomic E-state index is 0.0201. The van der Waals surface area contributed by atoms with E-state index in [1.165, 1.54) is 5.56 Å². The van der Waals surface area contributed by atoms with E-state index in [-0.39, 0.29) is 5.60 Å². The Balaban J connectivity index is 2.23. The van der Waals surface area contributed by atoms with E-state index < -0.39 is 0 Å². The highest BCUT2D eigenvalue weighted by Gasteiger charge is 2.44. The molecule has 1 aliphatic rings. The van der Waals surface area contributed by atoms with Gasteiger partial charge in [0.2, 0.25) is 0 Å². The van der Waals surface area contributed by atoms with Crippen molar-refractivity contribution >= 4 is 0 Å². The number of rotatable bonds is 3. The van der Waals surface area contributed by atoms with Gasteiger partial charge in [-0.3, -0.25) is 0 Å². The molecule has 1 saturated carbocycles. The summed E-state index contributed by atoms with van der Waals surface area (Å²) in [5.74, 6) is 0.899. The number of hydrogen-bond acceptors (Lipinski definition) is 2. The molecule has 1 aromatic carbocycles. The van der Waals surface area contributed by atoms with Crippen LogP contribution in [0.5, 0.6) is 5.75 Å². The lowest BCUT2D eigenvalue weighted by Crippen LogP contribution is -2.08. The van der Waals surface area contributed by atoms with Crippen molar-refractivity contribution in [2.45, 2.75) is 18.4 Å². The fourth-order valence-corrected chi connectivity index (χ4v) is 1.62. The summed E-state index contributed by atoms with van der Waals surface area (Å²) in [4.78, 5) is 0. The molecule has 0 heterocycles. The Labute approximate surface area is 78.5 Å². The second kappa shape index (κ2) is 3.04. The molecule has 70 valence electrons. The van der Waals surface area contributed by atoms with E-state index in [2.05, 4.69) is 12.1 Å². The van der Waals surface area contributed by atoms with Crippen LogP contribution in [0.3, 0.4) is 0 Å². The van der Waals surface area contributed by atoms with Gasteiger partial charge in [-0.25, -0.2) is 0 Å². The van der Waals surface area contributed by atoms with E-state index in [0.29, 0.717) is 0 Å². The smallest absolute Gasteiger partial charge is 0.118 e. The van der Waals surface area contributed by atoms with Gasteiger partial charge in [-0.2, -0.15) is 0 Å². The Morgan fingerprint density at radius 2 is 1.69 bits per heavy atom. The number of hydrogen-bond donors (Lipinski definition) is 0. The summed E-state index contributed by atoms with van der Waals surface area (Å²) in [5, 5.41) is 0. The molecule has 2 nitrogen and oxygen atoms in total. The van der Waals surface area contributed by atoms with Crippen LogP contribution in [0.1, 0.15) is 18.4 Å². The first-order valence-electron chi connectivity index (χ1n) is 4.50. The largest absolute Gasteiger partial charge is 0.497 e. The molecule has 0 radical (unpaired) electrons. The fraction of sp³-hybridized carbons (Fsp3) is 0.455. The van der Waals surface area contributed by atoms with Crippen LogP contribution in [0, 0.1) is 0 Å². The van der Waals surface area contributed by atoms with Crippen molar-refractivity contribution in [3.05, 3.63) is 29.8 Å². The van der Waals surface area contributed by atoms with Crippen LogP contribution in [0.4, 0.5) is 0 Å². The first-order valence-corrected chi connectivity index (χ1v) is 4.50. The normalized spacial score (nSPS) is 18.3. The van der Waals surface area contributed by atoms with Crippen LogP contribution in [-0.4, -0.2) is 14.2 Å². The zero-order valence-corrected chi connectivity index (χ0v) is 8.04. The molecule has 0 saturated heterocycles. The first kappa shape index (κ1) is 8.57. The van der Waals surface area contributed by atoms with E-state index in [9.17, 15) is 0 Å². The first-order chi connectivity index (χ1) is 6.30. The molecule has 1 aromatic rings. The highest BCUT2D eigenvalue weighted by Crippen LogP contribution is 2.48. The van der Waals surface area contributed by atoms with Crippen molar-refractivity contribution in [2.24, 2.45) is 0 Å². The van der Waals surface area contributed by atoms with Crippen LogP contribution in [0.2, 0.25) is 0 Å². The van der Waals surface area contributed by atoms with Gasteiger partial charge in [0.05, 0.1) is 12.7 Å². The topological polar surface area (TPSA) is 18.5 Å². The molecule has 0 spiro atoms. The highest BCUT2D eigenvalue weighted by atomic mass is 16.5. The molecule has 13 heavy (non-hydrogen) atoms. The van der Waals surface area contributed by atoms with Crippen molar-refractivity contribution in [1.29, 1.82) is 0 Å². The summed E-state index contributed by atoms with van der Waals surface area (Å²) in [6.45, 7) is 0. The third kappa shape index (κ3) is 1.42. The van der Waals surface area contributed by atoms with Crippen LogP contribution in [0.15, 0.2) is 24.3 Å². The number of methoxy groups -OCH3 is 2. The predicted octanol–water partition coefficient (Wildman–Crippen LogP) is 2.33. The monoisotopic (exact) mass is 178 g/mol. The van der Waals surface area contributed by atoms with E-state index >= 15 is 0 Å². The summed E-state index contributed by atoms with van der Waals surface area (Å²) < 4.78 is 10.6. The Kier molecular flexibility index (Phi) is 2.00. The Bertz CT molecular complexity index is 285. The van der Waals surface area contributed by atoms with Crippen molar-refractivity contribution in [2.75, 3.05) is 14.2 Å². The zero-order chi connectivity index (χ0) is 9.31. The second-order valence-electron chi connectivity index (χ2n) is 3.43. The van der Waals surface area contributed by atoms with E-state index in [0.717, 1.165) is 18.6 Å². The molecule has 0 N–H and O–H groups in total. The third-order valence-electron chi connectivity index (χ3n) is 2.71. The lowest BCUT2D eigenvalue weighted by Gasteiger charge is -2.13. The summed E-state index contributed by atoms with van der Waals surface area (Å²) in [7, 11) is 3.45. The molecule has 2 heteroatoms. The van der Waals surface area contributed by atoms with Gasteiger partial charge in [-0.05, 0) is 30.5 Å². The molecule has 0 aromatic heterocycles. The Morgan fingerprint density at radius 1 is 1.08 bits per heavy atom. The van der Waals surface area contributed by atoms with Crippen LogP contribution in [0.25, 0.3) is 0 Å². The van der Waals surface area contributed by atoms with Gasteiger partial charge in [-0.15, -0.1) is 0 Å². The number of benzene rings is 1. The van der Waals surface area contributed by atoms with Crippen molar-refractivity contribution < 1.29 is 9.47 Å². The quantitative estimate of drug-likeness (QED) is 0.707. The molecular formula is C11H14O2. The molecule has 0 amide bonds. The average molecular weight is 178 g/mol. The van der Waals surface area contributed by atoms with Crippen molar-refractivity contribution in [3.63, 3.8) is 0 Å². The molecule has 0 unspecified atom stereocenters. The molecule has 1 fully saturated rings. The predicted molar refractivity (Wildman–Crippen MR) is 50.9 cm³/mol. The van der Waals surface area contributed by atoms with Crippen molar-refractivity contribution in [3.8, 4) is 5.75 Å². The molecule has 1 aliphatic carbocycles. The van der Waals surface area contributed by atoms with Gasteiger partial charge in [-0.1, -0.05) is 12.1 Å². The van der Waals surface area contributed by atoms with Gasteiger partial charge in [0.15, 0.2) is 0 Å². The maximum Gasteiger partial charge on any atom is 0.118 e. The van der Waals surface area contributed by atoms with Crippen LogP contribution < -0.4 is 4.74 Å².